The van der Waals surface area contributed by atoms with Crippen molar-refractivity contribution in [3.8, 4) is 0 Å². The van der Waals surface area contributed by atoms with Gasteiger partial charge in [0.05, 0.1) is 15.9 Å². The molecule has 0 heterocycles. The minimum absolute atomic E-state index is 0.0275. The Bertz CT molecular complexity index is 624. The Morgan fingerprint density at radius 2 is 1.90 bits per heavy atom. The van der Waals surface area contributed by atoms with E-state index in [-0.39, 0.29) is 16.6 Å². The summed E-state index contributed by atoms with van der Waals surface area (Å²) in [6, 6.07) is 4.34. The number of nitro benzene ring substituents is 1. The highest BCUT2D eigenvalue weighted by Crippen LogP contribution is 2.41. The number of aliphatic hydroxyl groups excluding tert-OH is 1. The van der Waals surface area contributed by atoms with Gasteiger partial charge < -0.3 is 5.11 Å². The molecule has 0 saturated heterocycles. The maximum absolute atomic E-state index is 12.1. The molecule has 0 aliphatic heterocycles. The molecule has 8 heteroatoms. The zero-order chi connectivity index (χ0) is 15.1. The van der Waals surface area contributed by atoms with Gasteiger partial charge in [-0.15, -0.1) is 0 Å². The first-order valence-electron chi connectivity index (χ1n) is 6.09. The SMILES string of the molecule is CC1(C)C(O)CC1NS(=O)(=O)c1ccc([N+](=O)[O-])cc1. The Labute approximate surface area is 116 Å². The number of aliphatic hydroxyl groups is 1. The number of hydrogen-bond donors (Lipinski definition) is 2. The van der Waals surface area contributed by atoms with Gasteiger partial charge in [0, 0.05) is 23.6 Å². The number of non-ortho nitro benzene ring substituents is 1. The van der Waals surface area contributed by atoms with Gasteiger partial charge in [0.1, 0.15) is 0 Å². The molecule has 110 valence electrons. The van der Waals surface area contributed by atoms with Crippen molar-refractivity contribution in [1.29, 1.82) is 0 Å². The van der Waals surface area contributed by atoms with E-state index in [9.17, 15) is 23.6 Å². The maximum atomic E-state index is 12.1. The Morgan fingerprint density at radius 3 is 2.30 bits per heavy atom. The first kappa shape index (κ1) is 14.9. The predicted molar refractivity (Wildman–Crippen MR) is 71.6 cm³/mol. The molecule has 2 atom stereocenters. The monoisotopic (exact) mass is 300 g/mol. The van der Waals surface area contributed by atoms with Crippen LogP contribution in [0.2, 0.25) is 0 Å². The quantitative estimate of drug-likeness (QED) is 0.637. The minimum Gasteiger partial charge on any atom is -0.392 e. The second-order valence-corrected chi connectivity index (χ2v) is 7.21. The van der Waals surface area contributed by atoms with E-state index in [4.69, 9.17) is 0 Å². The van der Waals surface area contributed by atoms with Gasteiger partial charge in [-0.3, -0.25) is 10.1 Å². The van der Waals surface area contributed by atoms with Crippen molar-refractivity contribution >= 4 is 15.7 Å². The fourth-order valence-electron chi connectivity index (χ4n) is 2.10. The zero-order valence-corrected chi connectivity index (χ0v) is 11.9. The number of nitro groups is 1. The molecule has 0 spiro atoms. The minimum atomic E-state index is -3.74. The summed E-state index contributed by atoms with van der Waals surface area (Å²) in [6.45, 7) is 3.56. The van der Waals surface area contributed by atoms with Gasteiger partial charge in [-0.2, -0.15) is 0 Å². The molecule has 7 nitrogen and oxygen atoms in total. The third kappa shape index (κ3) is 2.54. The first-order valence-corrected chi connectivity index (χ1v) is 7.58. The average molecular weight is 300 g/mol. The molecule has 1 aliphatic rings. The van der Waals surface area contributed by atoms with Crippen LogP contribution in [0.25, 0.3) is 0 Å². The molecule has 1 aromatic carbocycles. The fraction of sp³-hybridized carbons (Fsp3) is 0.500. The van der Waals surface area contributed by atoms with Crippen LogP contribution >= 0.6 is 0 Å². The van der Waals surface area contributed by atoms with Gasteiger partial charge >= 0.3 is 0 Å². The van der Waals surface area contributed by atoms with Crippen molar-refractivity contribution < 1.29 is 18.4 Å². The van der Waals surface area contributed by atoms with Crippen molar-refractivity contribution in [2.45, 2.75) is 37.3 Å². The van der Waals surface area contributed by atoms with Crippen LogP contribution in [-0.2, 0) is 10.0 Å². The lowest BCUT2D eigenvalue weighted by atomic mass is 9.65. The zero-order valence-electron chi connectivity index (χ0n) is 11.1. The summed E-state index contributed by atoms with van der Waals surface area (Å²) in [5.74, 6) is 0. The number of nitrogens with zero attached hydrogens (tertiary/aromatic N) is 1. The molecular weight excluding hydrogens is 284 g/mol. The van der Waals surface area contributed by atoms with E-state index >= 15 is 0 Å². The standard InChI is InChI=1S/C12H16N2O5S/c1-12(2)10(7-11(12)15)13-20(18,19)9-5-3-8(4-6-9)14(16)17/h3-6,10-11,13,15H,7H2,1-2H3. The van der Waals surface area contributed by atoms with Crippen LogP contribution in [0.5, 0.6) is 0 Å². The lowest BCUT2D eigenvalue weighted by Crippen LogP contribution is -2.61. The largest absolute Gasteiger partial charge is 0.392 e. The lowest BCUT2D eigenvalue weighted by molar-refractivity contribution is -0.384. The molecule has 1 saturated carbocycles. The molecule has 2 unspecified atom stereocenters. The van der Waals surface area contributed by atoms with Crippen LogP contribution in [0.4, 0.5) is 5.69 Å². The van der Waals surface area contributed by atoms with E-state index in [0.717, 1.165) is 12.1 Å². The molecule has 20 heavy (non-hydrogen) atoms. The number of nitrogens with one attached hydrogen (secondary N) is 1. The fourth-order valence-corrected chi connectivity index (χ4v) is 3.51. The molecule has 1 aliphatic carbocycles. The van der Waals surface area contributed by atoms with Crippen LogP contribution in [0, 0.1) is 15.5 Å². The summed E-state index contributed by atoms with van der Waals surface area (Å²) in [5, 5.41) is 20.1. The highest BCUT2D eigenvalue weighted by molar-refractivity contribution is 7.89. The number of hydrogen-bond acceptors (Lipinski definition) is 5. The molecule has 0 aromatic heterocycles. The molecule has 2 N–H and O–H groups in total. The van der Waals surface area contributed by atoms with Crippen molar-refractivity contribution in [1.82, 2.24) is 4.72 Å². The van der Waals surface area contributed by atoms with E-state index in [0.29, 0.717) is 6.42 Å². The average Bonchev–Trinajstić information content (AvgIpc) is 2.38. The van der Waals surface area contributed by atoms with Crippen LogP contribution < -0.4 is 4.72 Å². The van der Waals surface area contributed by atoms with Crippen LogP contribution in [0.3, 0.4) is 0 Å². The second kappa shape index (κ2) is 4.80. The van der Waals surface area contributed by atoms with E-state index < -0.39 is 26.5 Å². The summed E-state index contributed by atoms with van der Waals surface area (Å²) in [5.41, 5.74) is -0.684. The lowest BCUT2D eigenvalue weighted by Gasteiger charge is -2.49. The van der Waals surface area contributed by atoms with Gasteiger partial charge in [-0.05, 0) is 18.6 Å². The smallest absolute Gasteiger partial charge is 0.269 e. The normalized spacial score (nSPS) is 24.9. The third-order valence-corrected chi connectivity index (χ3v) is 5.36. The highest BCUT2D eigenvalue weighted by atomic mass is 32.2. The number of benzene rings is 1. The van der Waals surface area contributed by atoms with Crippen molar-refractivity contribution in [3.63, 3.8) is 0 Å². The third-order valence-electron chi connectivity index (χ3n) is 3.87. The Balaban J connectivity index is 2.17. The first-order chi connectivity index (χ1) is 9.14. The van der Waals surface area contributed by atoms with Gasteiger partial charge in [0.25, 0.3) is 5.69 Å². The Morgan fingerprint density at radius 1 is 1.35 bits per heavy atom. The molecule has 0 radical (unpaired) electrons. The topological polar surface area (TPSA) is 110 Å². The number of sulfonamides is 1. The molecule has 0 bridgehead atoms. The summed E-state index contributed by atoms with van der Waals surface area (Å²) >= 11 is 0. The predicted octanol–water partition coefficient (Wildman–Crippen LogP) is 1.03. The second-order valence-electron chi connectivity index (χ2n) is 5.50. The summed E-state index contributed by atoms with van der Waals surface area (Å²) in [4.78, 5) is 9.91. The highest BCUT2D eigenvalue weighted by Gasteiger charge is 2.48. The van der Waals surface area contributed by atoms with Crippen LogP contribution in [0.1, 0.15) is 20.3 Å². The summed E-state index contributed by atoms with van der Waals surface area (Å²) in [6.07, 6.45) is -0.175. The summed E-state index contributed by atoms with van der Waals surface area (Å²) < 4.78 is 26.8. The Kier molecular flexibility index (Phi) is 3.57. The van der Waals surface area contributed by atoms with Crippen molar-refractivity contribution in [2.24, 2.45) is 5.41 Å². The molecule has 1 aromatic rings. The summed E-state index contributed by atoms with van der Waals surface area (Å²) in [7, 11) is -3.74. The van der Waals surface area contributed by atoms with Gasteiger partial charge in [0.2, 0.25) is 10.0 Å². The Hall–Kier alpha value is -1.51. The van der Waals surface area contributed by atoms with E-state index in [2.05, 4.69) is 4.72 Å². The van der Waals surface area contributed by atoms with Gasteiger partial charge in [-0.1, -0.05) is 13.8 Å². The van der Waals surface area contributed by atoms with E-state index in [1.165, 1.54) is 12.1 Å². The molecular formula is C12H16N2O5S. The number of rotatable bonds is 4. The molecule has 0 amide bonds. The molecule has 1 fully saturated rings. The van der Waals surface area contributed by atoms with E-state index in [1.54, 1.807) is 13.8 Å². The van der Waals surface area contributed by atoms with E-state index in [1.807, 2.05) is 0 Å². The van der Waals surface area contributed by atoms with Crippen molar-refractivity contribution in [3.05, 3.63) is 34.4 Å². The van der Waals surface area contributed by atoms with Crippen LogP contribution in [-0.4, -0.2) is 30.6 Å². The molecule has 2 rings (SSSR count). The maximum Gasteiger partial charge on any atom is 0.269 e. The van der Waals surface area contributed by atoms with Gasteiger partial charge in [-0.25, -0.2) is 13.1 Å². The van der Waals surface area contributed by atoms with Gasteiger partial charge in [0.15, 0.2) is 0 Å². The van der Waals surface area contributed by atoms with Crippen molar-refractivity contribution in [2.75, 3.05) is 0 Å². The van der Waals surface area contributed by atoms with Crippen LogP contribution in [0.15, 0.2) is 29.2 Å².